The number of amides is 1. The molecule has 1 amide bonds. The fraction of sp³-hybridized carbons (Fsp3) is 0.680. The highest BCUT2D eigenvalue weighted by Crippen LogP contribution is 2.15. The van der Waals surface area contributed by atoms with E-state index in [1.165, 1.54) is 77.0 Å². The summed E-state index contributed by atoms with van der Waals surface area (Å²) in [6.45, 7) is 2.52. The van der Waals surface area contributed by atoms with Crippen LogP contribution in [-0.2, 0) is 4.79 Å². The summed E-state index contributed by atoms with van der Waals surface area (Å²) in [4.78, 5) is 22.4. The van der Waals surface area contributed by atoms with Gasteiger partial charge in [-0.2, -0.15) is 0 Å². The molecule has 30 heavy (non-hydrogen) atoms. The van der Waals surface area contributed by atoms with Gasteiger partial charge in [0.1, 0.15) is 12.3 Å². The first-order valence-electron chi connectivity index (χ1n) is 11.9. The molecule has 1 rings (SSSR count). The lowest BCUT2D eigenvalue weighted by atomic mass is 10.0. The number of carbonyl (C=O) groups excluding carboxylic acids is 1. The molecule has 0 heterocycles. The van der Waals surface area contributed by atoms with Gasteiger partial charge in [0.15, 0.2) is 0 Å². The summed E-state index contributed by atoms with van der Waals surface area (Å²) in [5.74, 6) is -0.819. The van der Waals surface area contributed by atoms with Gasteiger partial charge in [0.05, 0.1) is 6.61 Å². The van der Waals surface area contributed by atoms with Crippen LogP contribution in [0.1, 0.15) is 107 Å². The molecule has 0 saturated heterocycles. The molecule has 0 aromatic heterocycles. The molecule has 5 nitrogen and oxygen atoms in total. The Hall–Kier alpha value is -2.04. The lowest BCUT2D eigenvalue weighted by Gasteiger charge is -2.08. The molecular formula is C25H41NO4. The van der Waals surface area contributed by atoms with Crippen molar-refractivity contribution in [3.05, 3.63) is 29.8 Å². The highest BCUT2D eigenvalue weighted by atomic mass is 16.5. The van der Waals surface area contributed by atoms with E-state index in [4.69, 9.17) is 9.84 Å². The van der Waals surface area contributed by atoms with Crippen molar-refractivity contribution < 1.29 is 19.4 Å². The Labute approximate surface area is 182 Å². The van der Waals surface area contributed by atoms with Crippen LogP contribution in [-0.4, -0.2) is 30.1 Å². The highest BCUT2D eigenvalue weighted by molar-refractivity contribution is 5.96. The molecule has 2 N–H and O–H groups in total. The van der Waals surface area contributed by atoms with Crippen LogP contribution in [0.3, 0.4) is 0 Å². The standard InChI is InChI=1S/C25H41NO4/c1-2-3-4-5-6-7-8-9-10-11-12-13-14-15-19-30-23-18-16-17-22(20-23)25(29)26-21-24(27)28/h16-18,20H,2-15,19,21H2,1H3,(H,26,29)(H,27,28). The number of nitrogens with one attached hydrogen (secondary N) is 1. The fourth-order valence-electron chi connectivity index (χ4n) is 3.47. The zero-order valence-corrected chi connectivity index (χ0v) is 18.8. The van der Waals surface area contributed by atoms with Crippen LogP contribution in [0, 0.1) is 0 Å². The van der Waals surface area contributed by atoms with Crippen molar-refractivity contribution in [1.29, 1.82) is 0 Å². The average molecular weight is 420 g/mol. The predicted octanol–water partition coefficient (Wildman–Crippen LogP) is 6.36. The van der Waals surface area contributed by atoms with Gasteiger partial charge in [-0.15, -0.1) is 0 Å². The predicted molar refractivity (Wildman–Crippen MR) is 122 cm³/mol. The Morgan fingerprint density at radius 2 is 1.37 bits per heavy atom. The average Bonchev–Trinajstić information content (AvgIpc) is 2.75. The molecule has 0 aliphatic heterocycles. The molecule has 170 valence electrons. The first-order valence-corrected chi connectivity index (χ1v) is 11.9. The first kappa shape index (κ1) is 26.0. The van der Waals surface area contributed by atoms with Crippen LogP contribution in [0.2, 0.25) is 0 Å². The zero-order valence-electron chi connectivity index (χ0n) is 18.8. The molecule has 1 aromatic carbocycles. The minimum absolute atomic E-state index is 0.386. The number of hydrogen-bond acceptors (Lipinski definition) is 3. The minimum Gasteiger partial charge on any atom is -0.494 e. The molecule has 0 atom stereocenters. The van der Waals surface area contributed by atoms with E-state index in [-0.39, 0.29) is 6.54 Å². The molecule has 0 bridgehead atoms. The normalized spacial score (nSPS) is 10.7. The number of ether oxygens (including phenoxy) is 1. The Bertz CT molecular complexity index is 588. The molecule has 1 aromatic rings. The van der Waals surface area contributed by atoms with E-state index < -0.39 is 11.9 Å². The van der Waals surface area contributed by atoms with Gasteiger partial charge in [-0.1, -0.05) is 96.5 Å². The van der Waals surface area contributed by atoms with Crippen LogP contribution in [0.15, 0.2) is 24.3 Å². The topological polar surface area (TPSA) is 75.6 Å². The second kappa shape index (κ2) is 17.8. The Balaban J connectivity index is 1.97. The maximum absolute atomic E-state index is 11.9. The molecule has 0 unspecified atom stereocenters. The SMILES string of the molecule is CCCCCCCCCCCCCCCCOc1cccc(C(=O)NCC(=O)O)c1. The summed E-state index contributed by atoms with van der Waals surface area (Å²) in [5.41, 5.74) is 0.412. The van der Waals surface area contributed by atoms with Gasteiger partial charge in [0, 0.05) is 5.56 Å². The number of aliphatic carboxylic acids is 1. The molecule has 0 aliphatic carbocycles. The van der Waals surface area contributed by atoms with Crippen LogP contribution < -0.4 is 10.1 Å². The van der Waals surface area contributed by atoms with E-state index in [2.05, 4.69) is 12.2 Å². The maximum Gasteiger partial charge on any atom is 0.322 e. The van der Waals surface area contributed by atoms with Gasteiger partial charge in [0.2, 0.25) is 0 Å². The number of hydrogen-bond donors (Lipinski definition) is 2. The number of rotatable bonds is 19. The second-order valence-corrected chi connectivity index (χ2v) is 8.05. The lowest BCUT2D eigenvalue weighted by Crippen LogP contribution is -2.29. The summed E-state index contributed by atoms with van der Waals surface area (Å²) in [5, 5.41) is 11.0. The summed E-state index contributed by atoms with van der Waals surface area (Å²) in [7, 11) is 0. The van der Waals surface area contributed by atoms with Crippen molar-refractivity contribution in [3.63, 3.8) is 0 Å². The Morgan fingerprint density at radius 3 is 1.90 bits per heavy atom. The smallest absolute Gasteiger partial charge is 0.322 e. The van der Waals surface area contributed by atoms with E-state index in [9.17, 15) is 9.59 Å². The highest BCUT2D eigenvalue weighted by Gasteiger charge is 2.08. The number of carboxylic acid groups (broad SMARTS) is 1. The van der Waals surface area contributed by atoms with E-state index in [1.54, 1.807) is 18.2 Å². The monoisotopic (exact) mass is 419 g/mol. The summed E-state index contributed by atoms with van der Waals surface area (Å²) in [6.07, 6.45) is 18.6. The van der Waals surface area contributed by atoms with Crippen LogP contribution >= 0.6 is 0 Å². The number of benzene rings is 1. The van der Waals surface area contributed by atoms with E-state index >= 15 is 0 Å². The second-order valence-electron chi connectivity index (χ2n) is 8.05. The molecule has 0 spiro atoms. The van der Waals surface area contributed by atoms with Crippen molar-refractivity contribution in [2.24, 2.45) is 0 Å². The van der Waals surface area contributed by atoms with Crippen molar-refractivity contribution in [2.75, 3.05) is 13.2 Å². The Morgan fingerprint density at radius 1 is 0.833 bits per heavy atom. The molecule has 0 aliphatic rings. The molecule has 0 saturated carbocycles. The van der Waals surface area contributed by atoms with Crippen LogP contribution in [0.4, 0.5) is 0 Å². The van der Waals surface area contributed by atoms with Crippen molar-refractivity contribution in [1.82, 2.24) is 5.32 Å². The minimum atomic E-state index is -1.06. The van der Waals surface area contributed by atoms with Crippen LogP contribution in [0.25, 0.3) is 0 Å². The van der Waals surface area contributed by atoms with Crippen molar-refractivity contribution >= 4 is 11.9 Å². The van der Waals surface area contributed by atoms with Gasteiger partial charge < -0.3 is 15.2 Å². The van der Waals surface area contributed by atoms with E-state index in [1.807, 2.05) is 6.07 Å². The quantitative estimate of drug-likeness (QED) is 0.256. The van der Waals surface area contributed by atoms with Gasteiger partial charge >= 0.3 is 5.97 Å². The number of unbranched alkanes of at least 4 members (excludes halogenated alkanes) is 13. The van der Waals surface area contributed by atoms with Gasteiger partial charge in [-0.3, -0.25) is 9.59 Å². The summed E-state index contributed by atoms with van der Waals surface area (Å²) < 4.78 is 5.73. The van der Waals surface area contributed by atoms with Crippen molar-refractivity contribution in [2.45, 2.75) is 96.8 Å². The molecular weight excluding hydrogens is 378 g/mol. The molecule has 5 heteroatoms. The first-order chi connectivity index (χ1) is 14.6. The fourth-order valence-corrected chi connectivity index (χ4v) is 3.47. The number of carboxylic acids is 1. The van der Waals surface area contributed by atoms with Gasteiger partial charge in [0.25, 0.3) is 5.91 Å². The van der Waals surface area contributed by atoms with Crippen LogP contribution in [0.5, 0.6) is 5.75 Å². The van der Waals surface area contributed by atoms with Gasteiger partial charge in [-0.05, 0) is 24.6 Å². The van der Waals surface area contributed by atoms with E-state index in [0.717, 1.165) is 12.8 Å². The Kier molecular flexibility index (Phi) is 15.4. The third kappa shape index (κ3) is 14.0. The molecule has 0 fully saturated rings. The third-order valence-corrected chi connectivity index (χ3v) is 5.26. The lowest BCUT2D eigenvalue weighted by molar-refractivity contribution is -0.135. The zero-order chi connectivity index (χ0) is 21.9. The largest absolute Gasteiger partial charge is 0.494 e. The molecule has 0 radical (unpaired) electrons. The third-order valence-electron chi connectivity index (χ3n) is 5.26. The summed E-state index contributed by atoms with van der Waals surface area (Å²) >= 11 is 0. The van der Waals surface area contributed by atoms with Gasteiger partial charge in [-0.25, -0.2) is 0 Å². The number of carbonyl (C=O) groups is 2. The van der Waals surface area contributed by atoms with Crippen molar-refractivity contribution in [3.8, 4) is 5.75 Å². The maximum atomic E-state index is 11.9. The summed E-state index contributed by atoms with van der Waals surface area (Å²) in [6, 6.07) is 6.87. The van der Waals surface area contributed by atoms with E-state index in [0.29, 0.717) is 17.9 Å².